The van der Waals surface area contributed by atoms with E-state index in [1.54, 1.807) is 0 Å². The Morgan fingerprint density at radius 3 is 2.56 bits per heavy atom. The lowest BCUT2D eigenvalue weighted by Gasteiger charge is -1.90. The molecule has 0 aliphatic carbocycles. The van der Waals surface area contributed by atoms with Crippen LogP contribution < -0.4 is 5.23 Å². The minimum absolute atomic E-state index is 0.0868. The smallest absolute Gasteiger partial charge is 0.223 e. The first-order valence-corrected chi connectivity index (χ1v) is 2.98. The lowest BCUT2D eigenvalue weighted by Crippen LogP contribution is -2.23. The van der Waals surface area contributed by atoms with Crippen molar-refractivity contribution in [3.05, 3.63) is 0 Å². The molecular formula is C3H6BN5. The highest BCUT2D eigenvalue weighted by molar-refractivity contribution is 6.32. The van der Waals surface area contributed by atoms with Crippen LogP contribution in [0.3, 0.4) is 0 Å². The molecule has 0 aromatic rings. The van der Waals surface area contributed by atoms with Crippen LogP contribution in [0, 0.1) is 0 Å². The summed E-state index contributed by atoms with van der Waals surface area (Å²) >= 11 is 0. The van der Waals surface area contributed by atoms with E-state index < -0.39 is 0 Å². The van der Waals surface area contributed by atoms with Gasteiger partial charge in [0.05, 0.1) is 0 Å². The SMILES string of the molecule is B(CC1N=N1)NC1N=N1. The maximum Gasteiger partial charge on any atom is 0.223 e. The summed E-state index contributed by atoms with van der Waals surface area (Å²) in [5.41, 5.74) is 0. The third kappa shape index (κ3) is 1.57. The van der Waals surface area contributed by atoms with Crippen LogP contribution in [0.5, 0.6) is 0 Å². The van der Waals surface area contributed by atoms with Crippen molar-refractivity contribution < 1.29 is 0 Å². The highest BCUT2D eigenvalue weighted by atomic mass is 15.5. The van der Waals surface area contributed by atoms with Crippen molar-refractivity contribution in [1.29, 1.82) is 0 Å². The summed E-state index contributed by atoms with van der Waals surface area (Å²) < 4.78 is 0. The third-order valence-corrected chi connectivity index (χ3v) is 1.24. The van der Waals surface area contributed by atoms with Gasteiger partial charge in [0.2, 0.25) is 13.7 Å². The zero-order valence-corrected chi connectivity index (χ0v) is 4.86. The van der Waals surface area contributed by atoms with Gasteiger partial charge < -0.3 is 5.23 Å². The second-order valence-corrected chi connectivity index (χ2v) is 2.06. The Labute approximate surface area is 52.9 Å². The highest BCUT2D eigenvalue weighted by Gasteiger charge is 2.19. The number of rotatable bonds is 4. The molecule has 0 amide bonds. The molecule has 0 atom stereocenters. The number of hydrogen-bond acceptors (Lipinski definition) is 5. The zero-order valence-electron chi connectivity index (χ0n) is 4.86. The second kappa shape index (κ2) is 1.87. The van der Waals surface area contributed by atoms with E-state index in [4.69, 9.17) is 0 Å². The molecule has 1 N–H and O–H groups in total. The van der Waals surface area contributed by atoms with Gasteiger partial charge in [0, 0.05) is 0 Å². The van der Waals surface area contributed by atoms with Crippen molar-refractivity contribution in [2.24, 2.45) is 20.5 Å². The molecule has 0 saturated carbocycles. The summed E-state index contributed by atoms with van der Waals surface area (Å²) in [6.45, 7) is 0. The Kier molecular flexibility index (Phi) is 1.05. The van der Waals surface area contributed by atoms with Crippen LogP contribution in [-0.4, -0.2) is 19.9 Å². The van der Waals surface area contributed by atoms with Gasteiger partial charge in [-0.2, -0.15) is 10.2 Å². The zero-order chi connectivity index (χ0) is 6.10. The van der Waals surface area contributed by atoms with Crippen LogP contribution in [-0.2, 0) is 0 Å². The van der Waals surface area contributed by atoms with Gasteiger partial charge in [-0.3, -0.25) is 0 Å². The first-order chi connectivity index (χ1) is 4.45. The molecule has 0 saturated heterocycles. The van der Waals surface area contributed by atoms with Gasteiger partial charge in [-0.1, -0.05) is 0 Å². The van der Waals surface area contributed by atoms with Crippen LogP contribution in [0.1, 0.15) is 0 Å². The molecule has 5 nitrogen and oxygen atoms in total. The van der Waals surface area contributed by atoms with Crippen LogP contribution >= 0.6 is 0 Å². The van der Waals surface area contributed by atoms with E-state index in [1.807, 2.05) is 0 Å². The average Bonchev–Trinajstić information content (AvgIpc) is 2.57. The predicted octanol–water partition coefficient (Wildman–Crippen LogP) is -0.113. The number of nitrogens with one attached hydrogen (secondary N) is 1. The average molecular weight is 123 g/mol. The Morgan fingerprint density at radius 2 is 2.00 bits per heavy atom. The van der Waals surface area contributed by atoms with Gasteiger partial charge in [0.25, 0.3) is 0 Å². The molecule has 0 aromatic carbocycles. The summed E-state index contributed by atoms with van der Waals surface area (Å²) in [6, 6.07) is 0. The van der Waals surface area contributed by atoms with E-state index in [9.17, 15) is 0 Å². The summed E-state index contributed by atoms with van der Waals surface area (Å²) in [5, 5.41) is 17.9. The van der Waals surface area contributed by atoms with Gasteiger partial charge in [0.1, 0.15) is 0 Å². The van der Waals surface area contributed by atoms with Crippen LogP contribution in [0.2, 0.25) is 6.32 Å². The normalized spacial score (nSPS) is 22.7. The lowest BCUT2D eigenvalue weighted by molar-refractivity contribution is 0.873. The van der Waals surface area contributed by atoms with Crippen molar-refractivity contribution in [1.82, 2.24) is 5.23 Å². The van der Waals surface area contributed by atoms with Gasteiger partial charge >= 0.3 is 0 Å². The predicted molar refractivity (Wildman–Crippen MR) is 32.4 cm³/mol. The van der Waals surface area contributed by atoms with Crippen LogP contribution in [0.15, 0.2) is 20.5 Å². The van der Waals surface area contributed by atoms with Gasteiger partial charge in [-0.05, 0) is 6.32 Å². The molecular weight excluding hydrogens is 117 g/mol. The molecule has 0 spiro atoms. The highest BCUT2D eigenvalue weighted by Crippen LogP contribution is 2.14. The van der Waals surface area contributed by atoms with Crippen molar-refractivity contribution in [3.63, 3.8) is 0 Å². The first-order valence-electron chi connectivity index (χ1n) is 2.98. The van der Waals surface area contributed by atoms with E-state index in [0.29, 0.717) is 0 Å². The molecule has 0 fully saturated rings. The van der Waals surface area contributed by atoms with E-state index in [2.05, 4.69) is 25.7 Å². The standard InChI is InChI=1S/C3H6BN5/c1(2-6-7-2)4-5-3-8-9-3/h2-5H,1H2. The molecule has 9 heavy (non-hydrogen) atoms. The molecule has 2 heterocycles. The fraction of sp³-hybridized carbons (Fsp3) is 1.00. The van der Waals surface area contributed by atoms with Crippen molar-refractivity contribution in [3.8, 4) is 0 Å². The van der Waals surface area contributed by atoms with E-state index in [-0.39, 0.29) is 12.5 Å². The monoisotopic (exact) mass is 123 g/mol. The number of nitrogens with zero attached hydrogens (tertiary/aromatic N) is 4. The van der Waals surface area contributed by atoms with E-state index >= 15 is 0 Å². The van der Waals surface area contributed by atoms with E-state index in [1.165, 1.54) is 0 Å². The second-order valence-electron chi connectivity index (χ2n) is 2.06. The molecule has 0 radical (unpaired) electrons. The Bertz CT molecular complexity index is 136. The molecule has 0 aromatic heterocycles. The van der Waals surface area contributed by atoms with Crippen molar-refractivity contribution in [2.75, 3.05) is 0 Å². The fourth-order valence-corrected chi connectivity index (χ4v) is 0.619. The Hall–Kier alpha value is -0.775. The Morgan fingerprint density at radius 1 is 1.22 bits per heavy atom. The van der Waals surface area contributed by atoms with E-state index in [0.717, 1.165) is 13.7 Å². The number of hydrogen-bond donors (Lipinski definition) is 1. The topological polar surface area (TPSA) is 61.5 Å². The maximum atomic E-state index is 3.74. The molecule has 2 aliphatic rings. The molecule has 46 valence electrons. The molecule has 0 unspecified atom stereocenters. The van der Waals surface area contributed by atoms with Crippen LogP contribution in [0.25, 0.3) is 0 Å². The molecule has 2 aliphatic heterocycles. The fourth-order valence-electron chi connectivity index (χ4n) is 0.619. The lowest BCUT2D eigenvalue weighted by atomic mass is 9.88. The maximum absolute atomic E-state index is 3.74. The Balaban J connectivity index is 1.47. The van der Waals surface area contributed by atoms with Crippen molar-refractivity contribution >= 4 is 7.41 Å². The minimum Gasteiger partial charge on any atom is -0.317 e. The summed E-state index contributed by atoms with van der Waals surface area (Å²) in [6.07, 6.45) is 1.35. The summed E-state index contributed by atoms with van der Waals surface area (Å²) in [5.74, 6) is 0. The van der Waals surface area contributed by atoms with Gasteiger partial charge in [-0.25, -0.2) is 0 Å². The quantitative estimate of drug-likeness (QED) is 0.520. The van der Waals surface area contributed by atoms with Crippen LogP contribution in [0.4, 0.5) is 0 Å². The largest absolute Gasteiger partial charge is 0.317 e. The minimum atomic E-state index is 0.0868. The van der Waals surface area contributed by atoms with Crippen molar-refractivity contribution in [2.45, 2.75) is 18.8 Å². The summed E-state index contributed by atoms with van der Waals surface area (Å²) in [4.78, 5) is 0. The molecule has 2 rings (SSSR count). The molecule has 6 heteroatoms. The van der Waals surface area contributed by atoms with Gasteiger partial charge in [0.15, 0.2) is 6.17 Å². The third-order valence-electron chi connectivity index (χ3n) is 1.24. The molecule has 0 bridgehead atoms. The summed E-state index contributed by atoms with van der Waals surface area (Å²) in [7, 11) is 0.912. The first kappa shape index (κ1) is 5.05. The van der Waals surface area contributed by atoms with Gasteiger partial charge in [-0.15, -0.1) is 10.2 Å².